The van der Waals surface area contributed by atoms with E-state index in [4.69, 9.17) is 4.74 Å². The van der Waals surface area contributed by atoms with Gasteiger partial charge in [0.05, 0.1) is 17.6 Å². The first-order valence-electron chi connectivity index (χ1n) is 12.1. The van der Waals surface area contributed by atoms with Crippen LogP contribution in [0, 0.1) is 11.3 Å². The van der Waals surface area contributed by atoms with Crippen LogP contribution in [0.1, 0.15) is 43.4 Å². The number of rotatable bonds is 3. The predicted molar refractivity (Wildman–Crippen MR) is 115 cm³/mol. The fourth-order valence-corrected chi connectivity index (χ4v) is 6.52. The SMILES string of the molecule is O=C1CO[C@H]2CCN(C(=O)N3CC4(CC(Cc5ccc(C6(C(F)(F)F)CC6)cn5)C4)C3)C[C@H]2N1. The van der Waals surface area contributed by atoms with E-state index in [2.05, 4.69) is 10.3 Å². The molecule has 1 aromatic heterocycles. The number of pyridine rings is 1. The van der Waals surface area contributed by atoms with E-state index in [1.54, 1.807) is 12.1 Å². The molecule has 0 bridgehead atoms. The first kappa shape index (κ1) is 22.1. The van der Waals surface area contributed by atoms with Crippen molar-refractivity contribution in [2.45, 2.75) is 62.3 Å². The van der Waals surface area contributed by atoms with Crippen molar-refractivity contribution in [3.05, 3.63) is 29.6 Å². The lowest BCUT2D eigenvalue weighted by Crippen LogP contribution is -2.68. The quantitative estimate of drug-likeness (QED) is 0.725. The summed E-state index contributed by atoms with van der Waals surface area (Å²) in [6.45, 7) is 2.71. The molecule has 3 aliphatic heterocycles. The summed E-state index contributed by atoms with van der Waals surface area (Å²) in [4.78, 5) is 32.6. The Bertz CT molecular complexity index is 980. The summed E-state index contributed by atoms with van der Waals surface area (Å²) in [6.07, 6.45) is 1.02. The Morgan fingerprint density at radius 2 is 1.97 bits per heavy atom. The predicted octanol–water partition coefficient (Wildman–Crippen LogP) is 2.64. The second-order valence-electron chi connectivity index (χ2n) is 11.0. The highest BCUT2D eigenvalue weighted by Crippen LogP contribution is 2.59. The van der Waals surface area contributed by atoms with Crippen LogP contribution < -0.4 is 5.32 Å². The number of carbonyl (C=O) groups excluding carboxylic acids is 2. The third-order valence-electron chi connectivity index (χ3n) is 8.53. The smallest absolute Gasteiger partial charge is 0.366 e. The van der Waals surface area contributed by atoms with E-state index < -0.39 is 11.6 Å². The minimum Gasteiger partial charge on any atom is -0.366 e. The Labute approximate surface area is 196 Å². The molecule has 4 heterocycles. The highest BCUT2D eigenvalue weighted by atomic mass is 19.4. The van der Waals surface area contributed by atoms with Crippen LogP contribution in [0.25, 0.3) is 0 Å². The van der Waals surface area contributed by atoms with Gasteiger partial charge in [0, 0.05) is 43.5 Å². The van der Waals surface area contributed by atoms with Gasteiger partial charge in [-0.25, -0.2) is 4.79 Å². The van der Waals surface area contributed by atoms with E-state index in [1.807, 2.05) is 9.80 Å². The van der Waals surface area contributed by atoms with Crippen molar-refractivity contribution in [2.24, 2.45) is 11.3 Å². The molecule has 6 rings (SSSR count). The fourth-order valence-electron chi connectivity index (χ4n) is 6.52. The molecule has 2 saturated carbocycles. The molecule has 7 nitrogen and oxygen atoms in total. The zero-order valence-corrected chi connectivity index (χ0v) is 18.9. The number of ether oxygens (including phenoxy) is 1. The number of nitrogens with zero attached hydrogens (tertiary/aromatic N) is 3. The Morgan fingerprint density at radius 1 is 1.21 bits per heavy atom. The third kappa shape index (κ3) is 3.65. The second-order valence-corrected chi connectivity index (χ2v) is 11.0. The number of amides is 3. The zero-order valence-electron chi connectivity index (χ0n) is 18.9. The summed E-state index contributed by atoms with van der Waals surface area (Å²) >= 11 is 0. The number of hydrogen-bond acceptors (Lipinski definition) is 4. The van der Waals surface area contributed by atoms with Gasteiger partial charge in [0.1, 0.15) is 6.61 Å². The van der Waals surface area contributed by atoms with E-state index in [-0.39, 0.29) is 54.5 Å². The summed E-state index contributed by atoms with van der Waals surface area (Å²) in [7, 11) is 0. The lowest BCUT2D eigenvalue weighted by Gasteiger charge is -2.60. The number of carbonyl (C=O) groups is 2. The van der Waals surface area contributed by atoms with Crippen LogP contribution in [0.4, 0.5) is 18.0 Å². The van der Waals surface area contributed by atoms with Crippen LogP contribution in [0.3, 0.4) is 0 Å². The second kappa shape index (κ2) is 7.57. The molecular weight excluding hydrogens is 449 g/mol. The van der Waals surface area contributed by atoms with Gasteiger partial charge in [0.25, 0.3) is 0 Å². The van der Waals surface area contributed by atoms with Crippen molar-refractivity contribution in [1.82, 2.24) is 20.1 Å². The summed E-state index contributed by atoms with van der Waals surface area (Å²) < 4.78 is 45.5. The Balaban J connectivity index is 0.972. The molecular formula is C24H29F3N4O3. The van der Waals surface area contributed by atoms with Crippen molar-refractivity contribution in [2.75, 3.05) is 32.8 Å². The van der Waals surface area contributed by atoms with Crippen molar-refractivity contribution >= 4 is 11.9 Å². The van der Waals surface area contributed by atoms with Gasteiger partial charge in [-0.1, -0.05) is 6.07 Å². The van der Waals surface area contributed by atoms with Gasteiger partial charge in [-0.05, 0) is 56.1 Å². The maximum absolute atomic E-state index is 13.3. The van der Waals surface area contributed by atoms with Gasteiger partial charge in [0.2, 0.25) is 5.91 Å². The molecule has 3 amide bonds. The molecule has 34 heavy (non-hydrogen) atoms. The largest absolute Gasteiger partial charge is 0.398 e. The van der Waals surface area contributed by atoms with E-state index >= 15 is 0 Å². The van der Waals surface area contributed by atoms with Crippen LogP contribution in [0.2, 0.25) is 0 Å². The molecule has 10 heteroatoms. The third-order valence-corrected chi connectivity index (χ3v) is 8.53. The normalized spacial score (nSPS) is 29.7. The molecule has 1 spiro atoms. The first-order valence-corrected chi connectivity index (χ1v) is 12.1. The van der Waals surface area contributed by atoms with E-state index in [0.717, 1.165) is 44.5 Å². The number of urea groups is 1. The van der Waals surface area contributed by atoms with Crippen LogP contribution in [0.5, 0.6) is 0 Å². The molecule has 0 radical (unpaired) electrons. The Hall–Kier alpha value is -2.36. The summed E-state index contributed by atoms with van der Waals surface area (Å²) in [6, 6.07) is 3.25. The van der Waals surface area contributed by atoms with Crippen LogP contribution >= 0.6 is 0 Å². The molecule has 0 unspecified atom stereocenters. The monoisotopic (exact) mass is 478 g/mol. The number of likely N-dealkylation sites (tertiary alicyclic amines) is 2. The Kier molecular flexibility index (Phi) is 4.92. The summed E-state index contributed by atoms with van der Waals surface area (Å²) in [5, 5.41) is 2.93. The molecule has 5 fully saturated rings. The molecule has 0 aromatic carbocycles. The molecule has 1 aromatic rings. The zero-order chi connectivity index (χ0) is 23.7. The molecule has 5 aliphatic rings. The number of nitrogens with one attached hydrogen (secondary N) is 1. The standard InChI is InChI=1S/C24H29F3N4O3/c25-24(26,27)23(4-5-23)16-1-2-17(28-10-16)7-15-8-22(9-15)13-31(14-22)21(33)30-6-3-19-18(11-30)29-20(32)12-34-19/h1-2,10,15,18-19H,3-9,11-14H2,(H,29,32)/t18-,19+/m1/s1. The maximum atomic E-state index is 13.3. The number of halogens is 3. The number of piperidine rings is 1. The van der Waals surface area contributed by atoms with Gasteiger partial charge in [-0.15, -0.1) is 0 Å². The van der Waals surface area contributed by atoms with E-state index in [0.29, 0.717) is 19.0 Å². The van der Waals surface area contributed by atoms with Crippen LogP contribution in [-0.4, -0.2) is 77.8 Å². The first-order chi connectivity index (χ1) is 16.2. The Morgan fingerprint density at radius 3 is 2.62 bits per heavy atom. The maximum Gasteiger partial charge on any atom is 0.398 e. The minimum atomic E-state index is -4.21. The summed E-state index contributed by atoms with van der Waals surface area (Å²) in [5.74, 6) is 0.328. The van der Waals surface area contributed by atoms with Gasteiger partial charge in [-0.2, -0.15) is 13.2 Å². The summed E-state index contributed by atoms with van der Waals surface area (Å²) in [5.41, 5.74) is -0.375. The van der Waals surface area contributed by atoms with Gasteiger partial charge in [-0.3, -0.25) is 9.78 Å². The molecule has 2 atom stereocenters. The van der Waals surface area contributed by atoms with Crippen LogP contribution in [0.15, 0.2) is 18.3 Å². The molecule has 184 valence electrons. The topological polar surface area (TPSA) is 74.8 Å². The van der Waals surface area contributed by atoms with Gasteiger partial charge >= 0.3 is 12.2 Å². The lowest BCUT2D eigenvalue weighted by atomic mass is 9.57. The van der Waals surface area contributed by atoms with E-state index in [1.165, 1.54) is 6.20 Å². The number of alkyl halides is 3. The van der Waals surface area contributed by atoms with Crippen LogP contribution in [-0.2, 0) is 21.4 Å². The van der Waals surface area contributed by atoms with Crippen molar-refractivity contribution in [1.29, 1.82) is 0 Å². The number of fused-ring (bicyclic) bond motifs is 1. The number of morpholine rings is 1. The lowest BCUT2D eigenvalue weighted by molar-refractivity contribution is -0.160. The van der Waals surface area contributed by atoms with E-state index in [9.17, 15) is 22.8 Å². The molecule has 2 aliphatic carbocycles. The highest BCUT2D eigenvalue weighted by molar-refractivity contribution is 5.79. The van der Waals surface area contributed by atoms with Gasteiger partial charge < -0.3 is 19.9 Å². The molecule has 3 saturated heterocycles. The van der Waals surface area contributed by atoms with Crippen molar-refractivity contribution in [3.8, 4) is 0 Å². The number of aromatic nitrogens is 1. The number of hydrogen-bond donors (Lipinski definition) is 1. The highest BCUT2D eigenvalue weighted by Gasteiger charge is 2.64. The average Bonchev–Trinajstić information content (AvgIpc) is 3.56. The van der Waals surface area contributed by atoms with Crippen molar-refractivity contribution in [3.63, 3.8) is 0 Å². The fraction of sp³-hybridized carbons (Fsp3) is 0.708. The molecule has 1 N–H and O–H groups in total. The van der Waals surface area contributed by atoms with Crippen molar-refractivity contribution < 1.29 is 27.5 Å². The average molecular weight is 479 g/mol. The minimum absolute atomic E-state index is 0.0113. The van der Waals surface area contributed by atoms with Gasteiger partial charge in [0.15, 0.2) is 0 Å².